The number of rotatable bonds is 27. The first kappa shape index (κ1) is 109. The van der Waals surface area contributed by atoms with Crippen molar-refractivity contribution in [3.05, 3.63) is 213 Å². The average Bonchev–Trinajstić information content (AvgIpc) is 1.62. The fourth-order valence-corrected chi connectivity index (χ4v) is 13.7. The van der Waals surface area contributed by atoms with Gasteiger partial charge < -0.3 is 50.3 Å². The number of anilines is 5. The molecular formula is C59H83BaBr7Cl3N23O20S2. The van der Waals surface area contributed by atoms with Gasteiger partial charge in [-0.3, -0.25) is 83.5 Å². The number of nitro groups is 5. The van der Waals surface area contributed by atoms with Crippen LogP contribution in [0.25, 0.3) is 6.15 Å². The molecule has 8 heterocycles. The maximum Gasteiger partial charge on any atom is 2.00 e. The Kier molecular flexibility index (Phi) is 52.1. The van der Waals surface area contributed by atoms with Crippen LogP contribution in [0.1, 0.15) is 59.5 Å². The number of halogens is 10. The van der Waals surface area contributed by atoms with E-state index in [1.165, 1.54) is 18.7 Å². The van der Waals surface area contributed by atoms with Crippen LogP contribution in [0.3, 0.4) is 0 Å². The van der Waals surface area contributed by atoms with Crippen molar-refractivity contribution >= 4 is 272 Å². The number of aliphatic hydroxyl groups is 3. The minimum atomic E-state index is -3.51. The SMILES string of the molecule is CS(=O)(=O)Cl.CS(=O)(=O)OCCCn1nc(Br)c([N+](=O)[O-])c1NCc1ccccc1.Cl.Cl.Nc1c(N)n2n(c1=O)CCC2.O=[N+]([O-])c1c(Br)n[nH]c1Br.O=[N+]([O-])c1c(Br)nn(CCCO)c1Br.O=[N+]([O-])c1c(Br)nn(CCCO)c1NCc1ccccc1.O=c1c([N+](=O)[O-])c(NCc2ccccc2)n2n1CCC2.OCCCBr.[2HH].[2HH].[Ba+2].[H-].[NH2-]. The number of benzene rings is 3. The molecule has 11 rings (SSSR count). The first-order valence-corrected chi connectivity index (χ1v) is 42.5. The average molecular weight is 2300 g/mol. The molecule has 0 fully saturated rings. The van der Waals surface area contributed by atoms with Gasteiger partial charge in [0.2, 0.25) is 44.9 Å². The second-order valence-electron chi connectivity index (χ2n) is 22.3. The van der Waals surface area contributed by atoms with Gasteiger partial charge in [0.15, 0.2) is 9.21 Å². The number of nitrogen functional groups attached to an aromatic ring is 2. The molecule has 0 aliphatic carbocycles. The molecule has 0 radical (unpaired) electrons. The fourth-order valence-electron chi connectivity index (χ4n) is 9.47. The minimum Gasteiger partial charge on any atom is -1.00 e. The third-order valence-corrected chi connectivity index (χ3v) is 18.9. The van der Waals surface area contributed by atoms with E-state index in [4.69, 9.17) is 26.8 Å². The number of nitrogens with zero attached hydrogens (tertiary/aromatic N) is 16. The van der Waals surface area contributed by atoms with E-state index in [0.29, 0.717) is 93.7 Å². The standard InChI is InChI=1S/C14H17BrN4O5S.C13H15BrN4O3.C13H14N4O3.C6H7Br2N3O3.C6H10N4O.C3HBr2N3O2.C3H7BrO.CH3ClO2S.Ba.2ClH.H2N.2H2.H/c1-25(22,23)24-9-5-8-18-14(12(19(20)21)13(15)17-18)16-10-11-6-3-2-4-7-11;14-12-11(18(20)21)13(17(16-12)7-4-8-19)15-9-10-5-2-1-3-6-10;18-13-11(17(19)20)12(15-7-4-8-16(13)15)14-9-10-5-2-1-3-6-10;7-5-4(11(13)14)6(8)10(9-5)2-1-3-12;7-4-5(8)9-2-1-3-10(9)6(4)11;4-2-1(8(9)10)3(5)7-6-2;4-2-1-3-5;1-5(2,3)4;;;;;;;/h2-4,6-7,16H,5,8-10H2,1H3;1-3,5-6,15,19H,4,7-9H2;1-3,5-6,14H,4,7-9H2;12H,1-3H2;1-3,7-8H2;(H,6,7);5H,1-3H2;1H3;;2*1H;1H2;2*1H;/q;;;;;;;;+2;;;-1;;;-1/i;;;;;;;;;;;;2*1+1;. The van der Waals surface area contributed by atoms with E-state index in [9.17, 15) is 77.0 Å². The van der Waals surface area contributed by atoms with Crippen molar-refractivity contribution in [2.24, 2.45) is 0 Å². The second kappa shape index (κ2) is 55.0. The van der Waals surface area contributed by atoms with Crippen molar-refractivity contribution in [3.63, 3.8) is 0 Å². The summed E-state index contributed by atoms with van der Waals surface area (Å²) in [5.74, 6) is 1.30. The number of H-pyrrole nitrogens is 1. The van der Waals surface area contributed by atoms with E-state index >= 15 is 0 Å². The molecule has 9 aromatic rings. The molecule has 115 heavy (non-hydrogen) atoms. The maximum atomic E-state index is 12.0. The van der Waals surface area contributed by atoms with Gasteiger partial charge in [-0.15, -0.1) is 24.8 Å². The van der Waals surface area contributed by atoms with E-state index in [0.717, 1.165) is 66.9 Å². The Morgan fingerprint density at radius 1 is 0.539 bits per heavy atom. The van der Waals surface area contributed by atoms with Gasteiger partial charge in [0.25, 0.3) is 15.7 Å². The Morgan fingerprint density at radius 3 is 1.22 bits per heavy atom. The van der Waals surface area contributed by atoms with Crippen LogP contribution in [0.15, 0.2) is 128 Å². The van der Waals surface area contributed by atoms with Crippen molar-refractivity contribution in [2.75, 3.05) is 71.7 Å². The molecule has 0 spiro atoms. The summed E-state index contributed by atoms with van der Waals surface area (Å²) in [7, 11) is -2.21. The topological polar surface area (TPSA) is 612 Å². The summed E-state index contributed by atoms with van der Waals surface area (Å²) >= 11 is 21.3. The number of nitrogens with two attached hydrogens (primary N) is 3. The van der Waals surface area contributed by atoms with Crippen molar-refractivity contribution in [2.45, 2.75) is 104 Å². The van der Waals surface area contributed by atoms with Gasteiger partial charge >= 0.3 is 82.9 Å². The Morgan fingerprint density at radius 2 is 0.887 bits per heavy atom. The van der Waals surface area contributed by atoms with E-state index < -0.39 is 49.3 Å². The van der Waals surface area contributed by atoms with Gasteiger partial charge in [-0.2, -0.15) is 28.8 Å². The molecule has 0 bridgehead atoms. The number of alkyl halides is 1. The number of aromatic amines is 1. The first-order valence-electron chi connectivity index (χ1n) is 32.1. The van der Waals surface area contributed by atoms with E-state index in [-0.39, 0.29) is 179 Å². The van der Waals surface area contributed by atoms with Gasteiger partial charge in [-0.1, -0.05) is 107 Å². The smallest absolute Gasteiger partial charge is 1.00 e. The van der Waals surface area contributed by atoms with Crippen LogP contribution < -0.4 is 38.5 Å². The molecule has 0 unspecified atom stereocenters. The molecule has 6 aromatic heterocycles. The Bertz CT molecular complexity index is 4930. The molecule has 13 N–H and O–H groups in total. The number of hydrogen-bond acceptors (Lipinski definition) is 29. The summed E-state index contributed by atoms with van der Waals surface area (Å²) < 4.78 is 57.4. The van der Waals surface area contributed by atoms with Gasteiger partial charge in [0.1, 0.15) is 11.5 Å². The number of aryl methyl sites for hydroxylation is 3. The summed E-state index contributed by atoms with van der Waals surface area (Å²) in [5.41, 5.74) is 12.7. The van der Waals surface area contributed by atoms with Crippen LogP contribution in [0.2, 0.25) is 0 Å². The molecule has 0 saturated carbocycles. The first-order chi connectivity index (χ1) is 52.4. The number of nitrogens with one attached hydrogen (secondary N) is 4. The third kappa shape index (κ3) is 35.9. The summed E-state index contributed by atoms with van der Waals surface area (Å²) in [4.78, 5) is 74.9. The van der Waals surface area contributed by atoms with Crippen LogP contribution >= 0.6 is 147 Å². The van der Waals surface area contributed by atoms with Crippen LogP contribution in [-0.4, -0.2) is 208 Å². The third-order valence-electron chi connectivity index (χ3n) is 14.2. The van der Waals surface area contributed by atoms with Gasteiger partial charge in [-0.05, 0) is 151 Å². The Hall–Kier alpha value is -5.98. The zero-order valence-electron chi connectivity index (χ0n) is 61.5. The monoisotopic (exact) mass is 2290 g/mol. The normalized spacial score (nSPS) is 11.2. The maximum absolute atomic E-state index is 12.0. The predicted octanol–water partition coefficient (Wildman–Crippen LogP) is 12.1. The van der Waals surface area contributed by atoms with Gasteiger partial charge in [0, 0.05) is 104 Å². The zero-order valence-corrected chi connectivity index (χ0v) is 80.1. The molecule has 43 nitrogen and oxygen atoms in total. The van der Waals surface area contributed by atoms with Crippen LogP contribution in [0.5, 0.6) is 0 Å². The summed E-state index contributed by atoms with van der Waals surface area (Å²) in [6.45, 7) is 5.40. The van der Waals surface area contributed by atoms with Gasteiger partial charge in [-0.25, -0.2) is 27.1 Å². The molecule has 0 atom stereocenters. The molecule has 0 amide bonds. The molecular weight excluding hydrogens is 2220 g/mol. The van der Waals surface area contributed by atoms with Crippen molar-refractivity contribution in [1.29, 1.82) is 0 Å². The Labute approximate surface area is 775 Å². The van der Waals surface area contributed by atoms with Crippen LogP contribution in [0, 0.1) is 50.6 Å². The minimum absolute atomic E-state index is 0. The number of fused-ring (bicyclic) bond motifs is 2. The van der Waals surface area contributed by atoms with Crippen molar-refractivity contribution in [1.82, 2.24) is 58.3 Å². The summed E-state index contributed by atoms with van der Waals surface area (Å²) in [6, 6.07) is 28.6. The summed E-state index contributed by atoms with van der Waals surface area (Å²) in [5, 5.41) is 108. The molecule has 2 aliphatic heterocycles. The molecule has 56 heteroatoms. The van der Waals surface area contributed by atoms with E-state index in [1.807, 2.05) is 91.0 Å². The molecule has 638 valence electrons. The van der Waals surface area contributed by atoms with E-state index in [2.05, 4.69) is 168 Å². The van der Waals surface area contributed by atoms with Crippen molar-refractivity contribution in [3.8, 4) is 0 Å². The number of aromatic nitrogens is 12. The second-order valence-corrected chi connectivity index (χ2v) is 32.4. The van der Waals surface area contributed by atoms with Crippen LogP contribution in [-0.2, 0) is 88.8 Å². The van der Waals surface area contributed by atoms with E-state index in [1.54, 1.807) is 14.0 Å². The molecule has 3 aromatic carbocycles. The summed E-state index contributed by atoms with van der Waals surface area (Å²) in [6.07, 6.45) is 5.87. The van der Waals surface area contributed by atoms with Gasteiger partial charge in [0.05, 0.1) is 43.7 Å². The number of hydrogen-bond donors (Lipinski definition) is 9. The quantitative estimate of drug-likeness (QED) is 0.00439. The molecule has 0 saturated heterocycles. The fraction of sp³-hybridized carbons (Fsp3) is 0.390. The zero-order chi connectivity index (χ0) is 82.9. The van der Waals surface area contributed by atoms with Crippen LogP contribution in [0.4, 0.5) is 57.4 Å². The Balaban J connectivity index is -0.000000650. The molecule has 2 aliphatic rings. The number of aliphatic hydroxyl groups excluding tert-OH is 3. The predicted molar refractivity (Wildman–Crippen MR) is 467 cm³/mol. The largest absolute Gasteiger partial charge is 2.00 e. The van der Waals surface area contributed by atoms with Crippen molar-refractivity contribution < 1.29 is 65.2 Å².